The minimum atomic E-state index is -0.768. The van der Waals surface area contributed by atoms with Gasteiger partial charge in [-0.25, -0.2) is 0 Å². The molecule has 1 aromatic carbocycles. The number of carbonyl (C=O) groups excluding carboxylic acids is 1. The molecule has 0 aliphatic carbocycles. The zero-order valence-corrected chi connectivity index (χ0v) is 13.8. The van der Waals surface area contributed by atoms with E-state index in [4.69, 9.17) is 18.0 Å². The van der Waals surface area contributed by atoms with Crippen molar-refractivity contribution in [3.05, 3.63) is 34.3 Å². The summed E-state index contributed by atoms with van der Waals surface area (Å²) in [6.07, 6.45) is 0.601. The Hall–Kier alpha value is -0.940. The molecule has 0 aliphatic heterocycles. The molecule has 0 aromatic heterocycles. The largest absolute Gasteiger partial charge is 0.392 e. The summed E-state index contributed by atoms with van der Waals surface area (Å²) < 4.78 is 0.999. The summed E-state index contributed by atoms with van der Waals surface area (Å²) in [6, 6.07) is 7.88. The van der Waals surface area contributed by atoms with Crippen LogP contribution in [0.3, 0.4) is 0 Å². The van der Waals surface area contributed by atoms with E-state index in [0.29, 0.717) is 13.0 Å². The topological polar surface area (TPSA) is 46.3 Å². The van der Waals surface area contributed by atoms with Crippen LogP contribution in [-0.2, 0) is 11.3 Å². The molecule has 1 aromatic rings. The highest BCUT2D eigenvalue weighted by Gasteiger charge is 2.36. The fraction of sp³-hybridized carbons (Fsp3) is 0.429. The fourth-order valence-corrected chi connectivity index (χ4v) is 2.51. The predicted octanol–water partition coefficient (Wildman–Crippen LogP) is 3.11. The SMILES string of the molecule is CCC(C)(C(=O)N(C)Cc1cccc(Br)c1)C(N)=S. The lowest BCUT2D eigenvalue weighted by molar-refractivity contribution is -0.136. The Balaban J connectivity index is 2.86. The molecule has 3 nitrogen and oxygen atoms in total. The standard InChI is InChI=1S/C14H19BrN2OS/c1-4-14(2,12(16)19)13(18)17(3)9-10-6-5-7-11(15)8-10/h5-8H,4,9H2,1-3H3,(H2,16,19). The molecule has 1 rings (SSSR count). The van der Waals surface area contributed by atoms with E-state index in [1.165, 1.54) is 0 Å². The zero-order valence-electron chi connectivity index (χ0n) is 11.4. The first kappa shape index (κ1) is 16.1. The van der Waals surface area contributed by atoms with E-state index in [1.54, 1.807) is 18.9 Å². The van der Waals surface area contributed by atoms with Gasteiger partial charge < -0.3 is 10.6 Å². The molecule has 104 valence electrons. The highest BCUT2D eigenvalue weighted by molar-refractivity contribution is 9.10. The van der Waals surface area contributed by atoms with E-state index in [1.807, 2.05) is 31.2 Å². The van der Waals surface area contributed by atoms with Crippen molar-refractivity contribution in [1.29, 1.82) is 0 Å². The molecule has 0 heterocycles. The number of nitrogens with zero attached hydrogens (tertiary/aromatic N) is 1. The molecule has 0 spiro atoms. The van der Waals surface area contributed by atoms with E-state index in [-0.39, 0.29) is 10.9 Å². The summed E-state index contributed by atoms with van der Waals surface area (Å²) in [4.78, 5) is 14.4. The summed E-state index contributed by atoms with van der Waals surface area (Å²) in [5, 5.41) is 0. The van der Waals surface area contributed by atoms with Gasteiger partial charge in [0.25, 0.3) is 0 Å². The predicted molar refractivity (Wildman–Crippen MR) is 85.8 cm³/mol. The van der Waals surface area contributed by atoms with Gasteiger partial charge in [0.15, 0.2) is 0 Å². The van der Waals surface area contributed by atoms with Crippen molar-refractivity contribution in [2.75, 3.05) is 7.05 Å². The maximum absolute atomic E-state index is 12.5. The van der Waals surface area contributed by atoms with Crippen molar-refractivity contribution in [2.24, 2.45) is 11.1 Å². The number of thiocarbonyl (C=S) groups is 1. The summed E-state index contributed by atoms with van der Waals surface area (Å²) >= 11 is 8.45. The number of amides is 1. The van der Waals surface area contributed by atoms with Crippen LogP contribution in [0.4, 0.5) is 0 Å². The van der Waals surface area contributed by atoms with Crippen LogP contribution in [0.2, 0.25) is 0 Å². The monoisotopic (exact) mass is 342 g/mol. The molecule has 1 atom stereocenters. The smallest absolute Gasteiger partial charge is 0.235 e. The average molecular weight is 343 g/mol. The van der Waals surface area contributed by atoms with Gasteiger partial charge in [-0.2, -0.15) is 0 Å². The van der Waals surface area contributed by atoms with Crippen molar-refractivity contribution in [1.82, 2.24) is 4.90 Å². The molecule has 19 heavy (non-hydrogen) atoms. The van der Waals surface area contributed by atoms with Crippen molar-refractivity contribution in [3.8, 4) is 0 Å². The second kappa shape index (κ2) is 6.48. The van der Waals surface area contributed by atoms with Gasteiger partial charge in [0.05, 0.1) is 10.4 Å². The molecule has 0 saturated carbocycles. The zero-order chi connectivity index (χ0) is 14.6. The van der Waals surface area contributed by atoms with Gasteiger partial charge in [-0.3, -0.25) is 4.79 Å². The normalized spacial score (nSPS) is 13.7. The minimum absolute atomic E-state index is 0.0394. The number of hydrogen-bond acceptors (Lipinski definition) is 2. The van der Waals surface area contributed by atoms with Crippen LogP contribution < -0.4 is 5.73 Å². The summed E-state index contributed by atoms with van der Waals surface area (Å²) in [6.45, 7) is 4.26. The lowest BCUT2D eigenvalue weighted by atomic mass is 9.86. The Morgan fingerprint density at radius 3 is 2.63 bits per heavy atom. The van der Waals surface area contributed by atoms with E-state index < -0.39 is 5.41 Å². The van der Waals surface area contributed by atoms with Crippen LogP contribution in [0.15, 0.2) is 28.7 Å². The van der Waals surface area contributed by atoms with Crippen LogP contribution in [0, 0.1) is 5.41 Å². The molecule has 0 radical (unpaired) electrons. The van der Waals surface area contributed by atoms with E-state index in [0.717, 1.165) is 10.0 Å². The Kier molecular flexibility index (Phi) is 5.50. The van der Waals surface area contributed by atoms with E-state index in [2.05, 4.69) is 15.9 Å². The number of carbonyl (C=O) groups is 1. The average Bonchev–Trinajstić information content (AvgIpc) is 2.36. The van der Waals surface area contributed by atoms with Crippen LogP contribution in [-0.4, -0.2) is 22.8 Å². The van der Waals surface area contributed by atoms with Crippen molar-refractivity contribution in [2.45, 2.75) is 26.8 Å². The first-order valence-electron chi connectivity index (χ1n) is 6.11. The van der Waals surface area contributed by atoms with Crippen molar-refractivity contribution in [3.63, 3.8) is 0 Å². The van der Waals surface area contributed by atoms with E-state index in [9.17, 15) is 4.79 Å². The summed E-state index contributed by atoms with van der Waals surface area (Å²) in [5.74, 6) is -0.0394. The fourth-order valence-electron chi connectivity index (χ4n) is 1.83. The molecule has 1 unspecified atom stereocenters. The Bertz CT molecular complexity index is 492. The number of nitrogens with two attached hydrogens (primary N) is 1. The molecular weight excluding hydrogens is 324 g/mol. The van der Waals surface area contributed by atoms with Crippen LogP contribution in [0.5, 0.6) is 0 Å². The van der Waals surface area contributed by atoms with Gasteiger partial charge in [-0.1, -0.05) is 47.2 Å². The second-order valence-corrected chi connectivity index (χ2v) is 6.20. The van der Waals surface area contributed by atoms with E-state index >= 15 is 0 Å². The Labute approximate surface area is 128 Å². The Morgan fingerprint density at radius 2 is 2.16 bits per heavy atom. The van der Waals surface area contributed by atoms with Gasteiger partial charge in [0, 0.05) is 18.1 Å². The van der Waals surface area contributed by atoms with Crippen LogP contribution >= 0.6 is 28.1 Å². The van der Waals surface area contributed by atoms with Gasteiger partial charge in [0.1, 0.15) is 0 Å². The quantitative estimate of drug-likeness (QED) is 0.836. The summed E-state index contributed by atoms with van der Waals surface area (Å²) in [5.41, 5.74) is 6.01. The van der Waals surface area contributed by atoms with Crippen molar-refractivity contribution >= 4 is 39.0 Å². The van der Waals surface area contributed by atoms with Gasteiger partial charge >= 0.3 is 0 Å². The third kappa shape index (κ3) is 3.76. The number of rotatable bonds is 5. The lowest BCUT2D eigenvalue weighted by Crippen LogP contribution is -2.47. The minimum Gasteiger partial charge on any atom is -0.392 e. The first-order valence-corrected chi connectivity index (χ1v) is 7.31. The lowest BCUT2D eigenvalue weighted by Gasteiger charge is -2.31. The maximum atomic E-state index is 12.5. The number of halogens is 1. The molecule has 0 aliphatic rings. The molecule has 0 bridgehead atoms. The molecule has 0 fully saturated rings. The molecular formula is C14H19BrN2OS. The van der Waals surface area contributed by atoms with Gasteiger partial charge in [0.2, 0.25) is 5.91 Å². The van der Waals surface area contributed by atoms with Gasteiger partial charge in [-0.05, 0) is 31.0 Å². The molecule has 5 heteroatoms. The molecule has 1 amide bonds. The van der Waals surface area contributed by atoms with Gasteiger partial charge in [-0.15, -0.1) is 0 Å². The third-order valence-corrected chi connectivity index (χ3v) is 4.32. The first-order chi connectivity index (χ1) is 8.81. The number of benzene rings is 1. The van der Waals surface area contributed by atoms with Crippen molar-refractivity contribution < 1.29 is 4.79 Å². The van der Waals surface area contributed by atoms with Crippen LogP contribution in [0.25, 0.3) is 0 Å². The molecule has 2 N–H and O–H groups in total. The van der Waals surface area contributed by atoms with Crippen LogP contribution in [0.1, 0.15) is 25.8 Å². The maximum Gasteiger partial charge on any atom is 0.235 e. The summed E-state index contributed by atoms with van der Waals surface area (Å²) in [7, 11) is 1.77. The highest BCUT2D eigenvalue weighted by atomic mass is 79.9. The molecule has 0 saturated heterocycles. The number of hydrogen-bond donors (Lipinski definition) is 1. The Morgan fingerprint density at radius 1 is 1.53 bits per heavy atom. The highest BCUT2D eigenvalue weighted by Crippen LogP contribution is 2.25. The second-order valence-electron chi connectivity index (χ2n) is 4.84. The third-order valence-electron chi connectivity index (χ3n) is 3.38.